The average molecular weight is 360 g/mol. The van der Waals surface area contributed by atoms with Crippen molar-refractivity contribution < 1.29 is 0 Å². The highest BCUT2D eigenvalue weighted by atomic mass is 79.9. The van der Waals surface area contributed by atoms with Crippen molar-refractivity contribution in [1.82, 2.24) is 4.98 Å². The van der Waals surface area contributed by atoms with E-state index in [1.54, 1.807) is 6.20 Å². The second-order valence-corrected chi connectivity index (χ2v) is 5.86. The van der Waals surface area contributed by atoms with Gasteiger partial charge < -0.3 is 4.90 Å². The molecule has 0 saturated carbocycles. The van der Waals surface area contributed by atoms with Gasteiger partial charge in [-0.1, -0.05) is 39.7 Å². The Balaban J connectivity index is 2.18. The van der Waals surface area contributed by atoms with Crippen LogP contribution in [0.2, 0.25) is 5.02 Å². The molecule has 0 amide bonds. The van der Waals surface area contributed by atoms with Crippen molar-refractivity contribution in [3.8, 4) is 0 Å². The van der Waals surface area contributed by atoms with E-state index in [9.17, 15) is 0 Å². The predicted molar refractivity (Wildman–Crippen MR) is 85.1 cm³/mol. The van der Waals surface area contributed by atoms with Gasteiger partial charge in [0.05, 0.1) is 5.02 Å². The second kappa shape index (κ2) is 6.60. The Hall–Kier alpha value is -0.770. The topological polar surface area (TPSA) is 16.1 Å². The summed E-state index contributed by atoms with van der Waals surface area (Å²) in [5.41, 5.74) is 2.11. The van der Waals surface area contributed by atoms with Crippen LogP contribution < -0.4 is 4.90 Å². The Morgan fingerprint density at radius 2 is 2.05 bits per heavy atom. The Morgan fingerprint density at radius 3 is 2.68 bits per heavy atom. The van der Waals surface area contributed by atoms with E-state index in [4.69, 9.17) is 23.2 Å². The van der Waals surface area contributed by atoms with Crippen LogP contribution in [0.15, 0.2) is 41.0 Å². The maximum absolute atomic E-state index is 6.23. The molecule has 0 fully saturated rings. The van der Waals surface area contributed by atoms with Crippen molar-refractivity contribution in [3.05, 3.63) is 57.2 Å². The number of hydrogen-bond donors (Lipinski definition) is 0. The summed E-state index contributed by atoms with van der Waals surface area (Å²) in [6.45, 7) is 0.742. The molecule has 0 aliphatic carbocycles. The third-order valence-corrected chi connectivity index (χ3v) is 3.78. The highest BCUT2D eigenvalue weighted by Gasteiger charge is 2.09. The molecule has 19 heavy (non-hydrogen) atoms. The minimum atomic E-state index is 0.419. The molecule has 2 aromatic rings. The number of anilines is 1. The summed E-state index contributed by atoms with van der Waals surface area (Å²) in [4.78, 5) is 6.38. The van der Waals surface area contributed by atoms with Gasteiger partial charge in [-0.2, -0.15) is 0 Å². The summed E-state index contributed by atoms with van der Waals surface area (Å²) in [6.07, 6.45) is 1.76. The van der Waals surface area contributed by atoms with E-state index in [2.05, 4.69) is 33.0 Å². The normalized spacial score (nSPS) is 10.5. The van der Waals surface area contributed by atoms with E-state index in [0.29, 0.717) is 10.9 Å². The van der Waals surface area contributed by atoms with Crippen molar-refractivity contribution in [3.63, 3.8) is 0 Å². The highest BCUT2D eigenvalue weighted by molar-refractivity contribution is 9.10. The molecule has 0 N–H and O–H groups in total. The number of rotatable bonds is 4. The summed E-state index contributed by atoms with van der Waals surface area (Å²) < 4.78 is 1.06. The van der Waals surface area contributed by atoms with E-state index < -0.39 is 0 Å². The number of hydrogen-bond acceptors (Lipinski definition) is 2. The van der Waals surface area contributed by atoms with Gasteiger partial charge in [-0.15, -0.1) is 11.6 Å². The lowest BCUT2D eigenvalue weighted by Crippen LogP contribution is -2.18. The van der Waals surface area contributed by atoms with Gasteiger partial charge in [0.1, 0.15) is 5.82 Å². The fraction of sp³-hybridized carbons (Fsp3) is 0.214. The van der Waals surface area contributed by atoms with Gasteiger partial charge >= 0.3 is 0 Å². The van der Waals surface area contributed by atoms with Crippen LogP contribution >= 0.6 is 39.1 Å². The molecule has 1 aromatic carbocycles. The van der Waals surface area contributed by atoms with Crippen LogP contribution in [0.3, 0.4) is 0 Å². The van der Waals surface area contributed by atoms with Gasteiger partial charge in [-0.25, -0.2) is 4.98 Å². The molecular weight excluding hydrogens is 347 g/mol. The molecule has 0 aliphatic rings. The monoisotopic (exact) mass is 358 g/mol. The third-order valence-electron chi connectivity index (χ3n) is 2.70. The molecule has 1 heterocycles. The van der Waals surface area contributed by atoms with Gasteiger partial charge in [-0.05, 0) is 29.3 Å². The lowest BCUT2D eigenvalue weighted by molar-refractivity contribution is 0.896. The van der Waals surface area contributed by atoms with Crippen molar-refractivity contribution in [2.24, 2.45) is 0 Å². The van der Waals surface area contributed by atoms with Crippen LogP contribution in [0.4, 0.5) is 5.82 Å². The van der Waals surface area contributed by atoms with Crippen LogP contribution in [0.1, 0.15) is 11.1 Å². The van der Waals surface area contributed by atoms with Gasteiger partial charge in [0.25, 0.3) is 0 Å². The van der Waals surface area contributed by atoms with Crippen LogP contribution in [0, 0.1) is 0 Å². The first-order valence-electron chi connectivity index (χ1n) is 5.76. The third kappa shape index (κ3) is 3.85. The molecule has 0 radical (unpaired) electrons. The Bertz CT molecular complexity index is 575. The molecule has 2 rings (SSSR count). The predicted octanol–water partition coefficient (Wildman–Crippen LogP) is 4.87. The van der Waals surface area contributed by atoms with E-state index in [1.807, 2.05) is 30.1 Å². The first-order valence-corrected chi connectivity index (χ1v) is 7.46. The molecule has 0 aliphatic heterocycles. The zero-order valence-corrected chi connectivity index (χ0v) is 13.5. The van der Waals surface area contributed by atoms with E-state index >= 15 is 0 Å². The highest BCUT2D eigenvalue weighted by Crippen LogP contribution is 2.25. The van der Waals surface area contributed by atoms with E-state index in [0.717, 1.165) is 22.4 Å². The maximum Gasteiger partial charge on any atom is 0.147 e. The number of nitrogens with zero attached hydrogens (tertiary/aromatic N) is 2. The van der Waals surface area contributed by atoms with Crippen LogP contribution in [0.25, 0.3) is 0 Å². The second-order valence-electron chi connectivity index (χ2n) is 4.27. The molecule has 2 nitrogen and oxygen atoms in total. The number of halogens is 3. The van der Waals surface area contributed by atoms with Crippen molar-refractivity contribution in [2.45, 2.75) is 12.4 Å². The fourth-order valence-corrected chi connectivity index (χ4v) is 2.73. The molecule has 0 saturated heterocycles. The maximum atomic E-state index is 6.23. The zero-order chi connectivity index (χ0) is 13.8. The number of aromatic nitrogens is 1. The minimum absolute atomic E-state index is 0.419. The Labute approximate surface area is 131 Å². The SMILES string of the molecule is CN(Cc1cccc(Br)c1)c1ncc(CCl)cc1Cl. The Kier molecular flexibility index (Phi) is 5.08. The molecule has 5 heteroatoms. The Morgan fingerprint density at radius 1 is 1.26 bits per heavy atom. The minimum Gasteiger partial charge on any atom is -0.354 e. The lowest BCUT2D eigenvalue weighted by Gasteiger charge is -2.19. The zero-order valence-electron chi connectivity index (χ0n) is 10.4. The van der Waals surface area contributed by atoms with Crippen molar-refractivity contribution in [2.75, 3.05) is 11.9 Å². The van der Waals surface area contributed by atoms with Crippen LogP contribution in [-0.2, 0) is 12.4 Å². The van der Waals surface area contributed by atoms with Gasteiger partial charge in [0.2, 0.25) is 0 Å². The first kappa shape index (κ1) is 14.6. The molecule has 100 valence electrons. The van der Waals surface area contributed by atoms with Crippen LogP contribution in [0.5, 0.6) is 0 Å². The molecule has 0 atom stereocenters. The lowest BCUT2D eigenvalue weighted by atomic mass is 10.2. The molecule has 0 unspecified atom stereocenters. The smallest absolute Gasteiger partial charge is 0.147 e. The molecular formula is C14H13BrCl2N2. The fourth-order valence-electron chi connectivity index (χ4n) is 1.81. The standard InChI is InChI=1S/C14H13BrCl2N2/c1-19(9-10-3-2-4-12(15)5-10)14-13(17)6-11(7-16)8-18-14/h2-6,8H,7,9H2,1H3. The number of pyridine rings is 1. The quantitative estimate of drug-likeness (QED) is 0.723. The molecule has 1 aromatic heterocycles. The molecule has 0 spiro atoms. The average Bonchev–Trinajstić information content (AvgIpc) is 2.38. The number of benzene rings is 1. The summed E-state index contributed by atoms with van der Waals surface area (Å²) in [6, 6.07) is 10.0. The van der Waals surface area contributed by atoms with E-state index in [-0.39, 0.29) is 0 Å². The van der Waals surface area contributed by atoms with Gasteiger partial charge in [0.15, 0.2) is 0 Å². The first-order chi connectivity index (χ1) is 9.10. The summed E-state index contributed by atoms with van der Waals surface area (Å²) in [5.74, 6) is 1.18. The van der Waals surface area contributed by atoms with Gasteiger partial charge in [-0.3, -0.25) is 0 Å². The van der Waals surface area contributed by atoms with Gasteiger partial charge in [0, 0.05) is 30.1 Å². The summed E-state index contributed by atoms with van der Waals surface area (Å²) in [7, 11) is 1.97. The summed E-state index contributed by atoms with van der Waals surface area (Å²) >= 11 is 15.5. The van der Waals surface area contributed by atoms with Crippen molar-refractivity contribution >= 4 is 44.9 Å². The van der Waals surface area contributed by atoms with Crippen LogP contribution in [-0.4, -0.2) is 12.0 Å². The largest absolute Gasteiger partial charge is 0.354 e. The van der Waals surface area contributed by atoms with E-state index in [1.165, 1.54) is 5.56 Å². The number of alkyl halides is 1. The summed E-state index contributed by atoms with van der Waals surface area (Å²) in [5, 5.41) is 0.621. The molecule has 0 bridgehead atoms. The van der Waals surface area contributed by atoms with Crippen molar-refractivity contribution in [1.29, 1.82) is 0 Å².